The van der Waals surface area contributed by atoms with Gasteiger partial charge in [-0.25, -0.2) is 0 Å². The highest BCUT2D eigenvalue weighted by atomic mass is 32.2. The van der Waals surface area contributed by atoms with E-state index >= 15 is 0 Å². The van der Waals surface area contributed by atoms with Gasteiger partial charge in [0.2, 0.25) is 0 Å². The Balaban J connectivity index is 0.000000686. The van der Waals surface area contributed by atoms with Crippen LogP contribution in [0.15, 0.2) is 0 Å². The van der Waals surface area contributed by atoms with E-state index in [1.54, 1.807) is 0 Å². The summed E-state index contributed by atoms with van der Waals surface area (Å²) < 4.78 is 0. The number of rotatable bonds is 2. The van der Waals surface area contributed by atoms with Gasteiger partial charge in [-0.15, -0.1) is 0 Å². The van der Waals surface area contributed by atoms with Gasteiger partial charge in [0.05, 0.1) is 0 Å². The first-order valence-corrected chi connectivity index (χ1v) is 8.28. The molecule has 2 aliphatic carbocycles. The van der Waals surface area contributed by atoms with Crippen LogP contribution in [0, 0.1) is 11.8 Å². The average Bonchev–Trinajstić information content (AvgIpc) is 2.37. The summed E-state index contributed by atoms with van der Waals surface area (Å²) in [7, 11) is 1.00. The van der Waals surface area contributed by atoms with Crippen LogP contribution < -0.4 is 0 Å². The lowest BCUT2D eigenvalue weighted by atomic mass is 9.90. The summed E-state index contributed by atoms with van der Waals surface area (Å²) in [4.78, 5) is 0. The lowest BCUT2D eigenvalue weighted by Gasteiger charge is -2.32. The second-order valence-corrected chi connectivity index (χ2v) is 7.51. The third kappa shape index (κ3) is 5.65. The van der Waals surface area contributed by atoms with E-state index in [4.69, 9.17) is 5.11 Å². The zero-order valence-electron chi connectivity index (χ0n) is 11.8. The number of aliphatic hydroxyl groups is 1. The Morgan fingerprint density at radius 2 is 0.941 bits per heavy atom. The van der Waals surface area contributed by atoms with Crippen molar-refractivity contribution in [1.29, 1.82) is 0 Å². The Bertz CT molecular complexity index is 159. The van der Waals surface area contributed by atoms with Crippen molar-refractivity contribution >= 4 is 11.8 Å². The molecule has 2 aliphatic rings. The minimum Gasteiger partial charge on any atom is -0.400 e. The van der Waals surface area contributed by atoms with Crippen molar-refractivity contribution in [1.82, 2.24) is 0 Å². The molecule has 0 saturated heterocycles. The van der Waals surface area contributed by atoms with E-state index in [2.05, 4.69) is 25.6 Å². The van der Waals surface area contributed by atoms with Crippen LogP contribution in [0.4, 0.5) is 0 Å². The first-order chi connectivity index (χ1) is 8.24. The SMILES string of the molecule is CC1CCC(SC2CCC(C)CC2)CC1.CO. The van der Waals surface area contributed by atoms with Crippen LogP contribution >= 0.6 is 11.8 Å². The zero-order valence-corrected chi connectivity index (χ0v) is 12.6. The van der Waals surface area contributed by atoms with Crippen molar-refractivity contribution in [2.24, 2.45) is 11.8 Å². The van der Waals surface area contributed by atoms with Gasteiger partial charge in [0.25, 0.3) is 0 Å². The van der Waals surface area contributed by atoms with E-state index in [-0.39, 0.29) is 0 Å². The average molecular weight is 258 g/mol. The van der Waals surface area contributed by atoms with E-state index < -0.39 is 0 Å². The molecule has 0 aliphatic heterocycles. The second-order valence-electron chi connectivity index (χ2n) is 5.90. The maximum Gasteiger partial charge on any atom is 0.0319 e. The standard InChI is InChI=1S/C14H26S.CH4O/c1-11-3-7-13(8-4-11)15-14-9-5-12(2)6-10-14;1-2/h11-14H,3-10H2,1-2H3;2H,1H3. The molecule has 2 rings (SSSR count). The molecule has 0 radical (unpaired) electrons. The van der Waals surface area contributed by atoms with Gasteiger partial charge in [-0.05, 0) is 63.2 Å². The summed E-state index contributed by atoms with van der Waals surface area (Å²) in [6, 6.07) is 0. The molecule has 0 aromatic carbocycles. The van der Waals surface area contributed by atoms with Gasteiger partial charge in [0.15, 0.2) is 0 Å². The van der Waals surface area contributed by atoms with E-state index in [0.29, 0.717) is 0 Å². The summed E-state index contributed by atoms with van der Waals surface area (Å²) in [5.74, 6) is 2.02. The van der Waals surface area contributed by atoms with Crippen LogP contribution in [0.1, 0.15) is 65.2 Å². The van der Waals surface area contributed by atoms with Crippen LogP contribution in [0.2, 0.25) is 0 Å². The molecule has 0 aromatic rings. The van der Waals surface area contributed by atoms with Crippen LogP contribution in [-0.4, -0.2) is 22.7 Å². The van der Waals surface area contributed by atoms with Crippen molar-refractivity contribution in [3.05, 3.63) is 0 Å². The Morgan fingerprint density at radius 3 is 1.24 bits per heavy atom. The maximum atomic E-state index is 7.00. The molecule has 1 nitrogen and oxygen atoms in total. The fourth-order valence-electron chi connectivity index (χ4n) is 3.00. The van der Waals surface area contributed by atoms with E-state index in [9.17, 15) is 0 Å². The highest BCUT2D eigenvalue weighted by Gasteiger charge is 2.24. The van der Waals surface area contributed by atoms with Crippen molar-refractivity contribution in [3.8, 4) is 0 Å². The number of thioether (sulfide) groups is 1. The Kier molecular flexibility index (Phi) is 7.61. The van der Waals surface area contributed by atoms with E-state index in [1.165, 1.54) is 51.4 Å². The predicted octanol–water partition coefficient (Wildman–Crippen LogP) is 4.49. The largest absolute Gasteiger partial charge is 0.400 e. The molecule has 0 amide bonds. The van der Waals surface area contributed by atoms with Crippen LogP contribution in [0.25, 0.3) is 0 Å². The lowest BCUT2D eigenvalue weighted by molar-refractivity contribution is 0.380. The number of hydrogen-bond acceptors (Lipinski definition) is 2. The number of hydrogen-bond donors (Lipinski definition) is 1. The van der Waals surface area contributed by atoms with Gasteiger partial charge >= 0.3 is 0 Å². The summed E-state index contributed by atoms with van der Waals surface area (Å²) in [5, 5.41) is 9.03. The van der Waals surface area contributed by atoms with Crippen molar-refractivity contribution in [2.45, 2.75) is 75.7 Å². The summed E-state index contributed by atoms with van der Waals surface area (Å²) in [6.45, 7) is 4.84. The van der Waals surface area contributed by atoms with E-state index in [1.807, 2.05) is 0 Å². The molecule has 1 N–H and O–H groups in total. The molecule has 0 aromatic heterocycles. The van der Waals surface area contributed by atoms with Gasteiger partial charge in [-0.3, -0.25) is 0 Å². The van der Waals surface area contributed by atoms with Crippen molar-refractivity contribution in [2.75, 3.05) is 7.11 Å². The third-order valence-corrected chi connectivity index (χ3v) is 6.02. The van der Waals surface area contributed by atoms with Crippen molar-refractivity contribution < 1.29 is 5.11 Å². The molecule has 17 heavy (non-hydrogen) atoms. The first-order valence-electron chi connectivity index (χ1n) is 7.34. The first kappa shape index (κ1) is 15.4. The minimum absolute atomic E-state index is 1.00. The van der Waals surface area contributed by atoms with Gasteiger partial charge in [-0.1, -0.05) is 13.8 Å². The molecule has 0 bridgehead atoms. The van der Waals surface area contributed by atoms with Crippen LogP contribution in [0.3, 0.4) is 0 Å². The molecule has 2 saturated carbocycles. The minimum atomic E-state index is 1.00. The van der Waals surface area contributed by atoms with Crippen LogP contribution in [-0.2, 0) is 0 Å². The smallest absolute Gasteiger partial charge is 0.0319 e. The number of aliphatic hydroxyl groups excluding tert-OH is 1. The summed E-state index contributed by atoms with van der Waals surface area (Å²) >= 11 is 2.35. The zero-order chi connectivity index (χ0) is 12.7. The van der Waals surface area contributed by atoms with Gasteiger partial charge in [0, 0.05) is 17.6 Å². The fourth-order valence-corrected chi connectivity index (χ4v) is 4.64. The normalized spacial score (nSPS) is 38.1. The molecule has 0 spiro atoms. The van der Waals surface area contributed by atoms with Gasteiger partial charge < -0.3 is 5.11 Å². The Labute approximate surface area is 112 Å². The monoisotopic (exact) mass is 258 g/mol. The quantitative estimate of drug-likeness (QED) is 0.788. The summed E-state index contributed by atoms with van der Waals surface area (Å²) in [6.07, 6.45) is 11.9. The Hall–Kier alpha value is 0.310. The highest BCUT2D eigenvalue weighted by molar-refractivity contribution is 8.00. The van der Waals surface area contributed by atoms with E-state index in [0.717, 1.165) is 29.4 Å². The maximum absolute atomic E-state index is 7.00. The molecule has 0 heterocycles. The molecule has 2 heteroatoms. The topological polar surface area (TPSA) is 20.2 Å². The molecule has 0 unspecified atom stereocenters. The molecule has 2 fully saturated rings. The highest BCUT2D eigenvalue weighted by Crippen LogP contribution is 2.39. The molecule has 102 valence electrons. The fraction of sp³-hybridized carbons (Fsp3) is 1.00. The summed E-state index contributed by atoms with van der Waals surface area (Å²) in [5.41, 5.74) is 0. The molecular weight excluding hydrogens is 228 g/mol. The molecular formula is C15H30OS. The lowest BCUT2D eigenvalue weighted by Crippen LogP contribution is -2.21. The van der Waals surface area contributed by atoms with Gasteiger partial charge in [0.1, 0.15) is 0 Å². The predicted molar refractivity (Wildman–Crippen MR) is 78.6 cm³/mol. The van der Waals surface area contributed by atoms with Gasteiger partial charge in [-0.2, -0.15) is 11.8 Å². The van der Waals surface area contributed by atoms with Crippen molar-refractivity contribution in [3.63, 3.8) is 0 Å². The molecule has 0 atom stereocenters. The Morgan fingerprint density at radius 1 is 0.647 bits per heavy atom. The third-order valence-electron chi connectivity index (χ3n) is 4.31. The second kappa shape index (κ2) is 8.42. The van der Waals surface area contributed by atoms with Crippen LogP contribution in [0.5, 0.6) is 0 Å².